The Labute approximate surface area is 195 Å². The van der Waals surface area contributed by atoms with Crippen LogP contribution >= 0.6 is 0 Å². The van der Waals surface area contributed by atoms with E-state index in [9.17, 15) is 9.59 Å². The molecular formula is C24H25FN6O3. The van der Waals surface area contributed by atoms with E-state index in [4.69, 9.17) is 4.74 Å². The van der Waals surface area contributed by atoms with Gasteiger partial charge >= 0.3 is 6.09 Å². The number of nitrogens with zero attached hydrogens (tertiary/aromatic N) is 4. The number of anilines is 2. The highest BCUT2D eigenvalue weighted by atomic mass is 19.1. The highest BCUT2D eigenvalue weighted by molar-refractivity contribution is 5.90. The van der Waals surface area contributed by atoms with Crippen molar-refractivity contribution >= 4 is 23.4 Å². The van der Waals surface area contributed by atoms with Crippen LogP contribution in [0.15, 0.2) is 42.6 Å². The molecule has 3 aromatic rings. The van der Waals surface area contributed by atoms with Gasteiger partial charge in [0.05, 0.1) is 30.7 Å². The van der Waals surface area contributed by atoms with Crippen molar-refractivity contribution in [2.75, 3.05) is 36.0 Å². The molecule has 1 aromatic heterocycles. The van der Waals surface area contributed by atoms with Crippen LogP contribution in [-0.4, -0.2) is 59.7 Å². The predicted molar refractivity (Wildman–Crippen MR) is 124 cm³/mol. The molecule has 1 saturated heterocycles. The van der Waals surface area contributed by atoms with Crippen LogP contribution in [0.2, 0.25) is 0 Å². The monoisotopic (exact) mass is 464 g/mol. The minimum atomic E-state index is -0.550. The summed E-state index contributed by atoms with van der Waals surface area (Å²) in [6.45, 7) is 3.63. The van der Waals surface area contributed by atoms with Gasteiger partial charge < -0.3 is 15.0 Å². The second-order valence-electron chi connectivity index (χ2n) is 8.51. The average molecular weight is 465 g/mol. The number of H-pyrrole nitrogens is 1. The number of aromatic nitrogens is 3. The number of cyclic esters (lactones) is 1. The lowest BCUT2D eigenvalue weighted by Gasteiger charge is -2.19. The van der Waals surface area contributed by atoms with Crippen LogP contribution in [0.5, 0.6) is 0 Å². The quantitative estimate of drug-likeness (QED) is 0.557. The summed E-state index contributed by atoms with van der Waals surface area (Å²) in [6, 6.07) is 10.8. The van der Waals surface area contributed by atoms with Crippen molar-refractivity contribution < 1.29 is 18.7 Å². The van der Waals surface area contributed by atoms with Crippen molar-refractivity contribution in [2.24, 2.45) is 0 Å². The molecule has 0 aliphatic carbocycles. The number of nitrogens with one attached hydrogen (secondary N) is 2. The number of fused-ring (bicyclic) bond motifs is 1. The van der Waals surface area contributed by atoms with E-state index in [0.717, 1.165) is 42.9 Å². The topological polar surface area (TPSA) is 103 Å². The van der Waals surface area contributed by atoms with Crippen LogP contribution in [0.25, 0.3) is 11.1 Å². The van der Waals surface area contributed by atoms with E-state index < -0.39 is 18.0 Å². The van der Waals surface area contributed by atoms with Crippen molar-refractivity contribution in [3.05, 3.63) is 59.7 Å². The van der Waals surface area contributed by atoms with Gasteiger partial charge in [0.1, 0.15) is 11.9 Å². The van der Waals surface area contributed by atoms with E-state index in [1.54, 1.807) is 18.3 Å². The molecule has 0 saturated carbocycles. The smallest absolute Gasteiger partial charge is 0.414 e. The largest absolute Gasteiger partial charge is 0.442 e. The third-order valence-corrected chi connectivity index (χ3v) is 6.20. The van der Waals surface area contributed by atoms with Crippen LogP contribution in [0.4, 0.5) is 20.6 Å². The first-order chi connectivity index (χ1) is 16.5. The minimum Gasteiger partial charge on any atom is -0.442 e. The van der Waals surface area contributed by atoms with Gasteiger partial charge in [-0.05, 0) is 47.9 Å². The standard InChI is InChI=1S/C24H25FN6O3/c1-15(32)26-13-20-14-31(24(33)34-20)19-3-4-21(22(25)11-19)16-2-5-23-17(10-16)6-8-30(23)9-7-18-12-27-29-28-18/h2-5,10-12,20H,6-9,13-14H2,1H3,(H,26,32)(H,27,28,29)/t20-/m0/s1. The number of amides is 2. The van der Waals surface area contributed by atoms with Crippen LogP contribution in [0.1, 0.15) is 18.2 Å². The maximum absolute atomic E-state index is 15.1. The summed E-state index contributed by atoms with van der Waals surface area (Å²) >= 11 is 0. The fraction of sp³-hybridized carbons (Fsp3) is 0.333. The number of aromatic amines is 1. The Morgan fingerprint density at radius 1 is 1.29 bits per heavy atom. The first kappa shape index (κ1) is 21.9. The molecule has 2 aliphatic rings. The van der Waals surface area contributed by atoms with E-state index in [0.29, 0.717) is 11.3 Å². The molecule has 2 amide bonds. The van der Waals surface area contributed by atoms with Gasteiger partial charge in [0, 0.05) is 37.7 Å². The van der Waals surface area contributed by atoms with Crippen LogP contribution in [-0.2, 0) is 22.4 Å². The number of ether oxygens (including phenoxy) is 1. The Kier molecular flexibility index (Phi) is 5.87. The SMILES string of the molecule is CC(=O)NC[C@H]1CN(c2ccc(-c3ccc4c(c3)CCN4CCc3cn[nH]n3)c(F)c2)C(=O)O1. The summed E-state index contributed by atoms with van der Waals surface area (Å²) < 4.78 is 20.4. The lowest BCUT2D eigenvalue weighted by atomic mass is 10.0. The van der Waals surface area contributed by atoms with Gasteiger partial charge in [-0.25, -0.2) is 9.18 Å². The normalized spacial score (nSPS) is 17.1. The Hall–Kier alpha value is -3.95. The molecule has 2 aromatic carbocycles. The fourth-order valence-corrected chi connectivity index (χ4v) is 4.47. The summed E-state index contributed by atoms with van der Waals surface area (Å²) in [5, 5.41) is 13.2. The number of carbonyl (C=O) groups is 2. The van der Waals surface area contributed by atoms with E-state index in [2.05, 4.69) is 25.6 Å². The maximum atomic E-state index is 15.1. The van der Waals surface area contributed by atoms with E-state index in [1.807, 2.05) is 18.2 Å². The summed E-state index contributed by atoms with van der Waals surface area (Å²) in [5.41, 5.74) is 4.98. The van der Waals surface area contributed by atoms with Crippen molar-refractivity contribution in [3.8, 4) is 11.1 Å². The Bertz CT molecular complexity index is 1220. The summed E-state index contributed by atoms with van der Waals surface area (Å²) in [4.78, 5) is 27.0. The molecule has 3 heterocycles. The van der Waals surface area contributed by atoms with Crippen LogP contribution in [0.3, 0.4) is 0 Å². The van der Waals surface area contributed by atoms with Crippen LogP contribution in [0, 0.1) is 5.82 Å². The molecule has 1 fully saturated rings. The van der Waals surface area contributed by atoms with Gasteiger partial charge in [-0.1, -0.05) is 6.07 Å². The Balaban J connectivity index is 1.29. The summed E-state index contributed by atoms with van der Waals surface area (Å²) in [6.07, 6.45) is 2.42. The Morgan fingerprint density at radius 3 is 2.94 bits per heavy atom. The van der Waals surface area contributed by atoms with Gasteiger partial charge in [0.25, 0.3) is 0 Å². The number of carbonyl (C=O) groups excluding carboxylic acids is 2. The molecule has 2 N–H and O–H groups in total. The number of hydrogen-bond acceptors (Lipinski definition) is 6. The van der Waals surface area contributed by atoms with E-state index in [1.165, 1.54) is 23.5 Å². The Morgan fingerprint density at radius 2 is 2.18 bits per heavy atom. The highest BCUT2D eigenvalue weighted by Crippen LogP contribution is 2.34. The molecule has 10 heteroatoms. The molecule has 5 rings (SSSR count). The summed E-state index contributed by atoms with van der Waals surface area (Å²) in [5.74, 6) is -0.603. The first-order valence-corrected chi connectivity index (χ1v) is 11.2. The van der Waals surface area contributed by atoms with Crippen molar-refractivity contribution in [3.63, 3.8) is 0 Å². The molecule has 176 valence electrons. The molecule has 0 unspecified atom stereocenters. The second-order valence-corrected chi connectivity index (χ2v) is 8.51. The lowest BCUT2D eigenvalue weighted by Crippen LogP contribution is -2.33. The van der Waals surface area contributed by atoms with Crippen LogP contribution < -0.4 is 15.1 Å². The number of benzene rings is 2. The average Bonchev–Trinajstić information content (AvgIpc) is 3.56. The molecule has 1 atom stereocenters. The van der Waals surface area contributed by atoms with Gasteiger partial charge in [-0.2, -0.15) is 15.4 Å². The molecule has 0 radical (unpaired) electrons. The molecule has 0 spiro atoms. The summed E-state index contributed by atoms with van der Waals surface area (Å²) in [7, 11) is 0. The maximum Gasteiger partial charge on any atom is 0.414 e. The second kappa shape index (κ2) is 9.12. The van der Waals surface area contributed by atoms with Gasteiger partial charge in [0.2, 0.25) is 5.91 Å². The zero-order chi connectivity index (χ0) is 23.7. The molecule has 0 bridgehead atoms. The predicted octanol–water partition coefficient (Wildman–Crippen LogP) is 2.68. The van der Waals surface area contributed by atoms with E-state index in [-0.39, 0.29) is 19.0 Å². The van der Waals surface area contributed by atoms with Gasteiger partial charge in [-0.15, -0.1) is 0 Å². The number of rotatable bonds is 7. The zero-order valence-electron chi connectivity index (χ0n) is 18.8. The fourth-order valence-electron chi connectivity index (χ4n) is 4.47. The van der Waals surface area contributed by atoms with Gasteiger partial charge in [-0.3, -0.25) is 9.69 Å². The van der Waals surface area contributed by atoms with E-state index >= 15 is 4.39 Å². The van der Waals surface area contributed by atoms with Crippen molar-refractivity contribution in [2.45, 2.75) is 25.9 Å². The molecule has 34 heavy (non-hydrogen) atoms. The van der Waals surface area contributed by atoms with Gasteiger partial charge in [0.15, 0.2) is 0 Å². The molecule has 2 aliphatic heterocycles. The van der Waals surface area contributed by atoms with Crippen molar-refractivity contribution in [1.82, 2.24) is 20.7 Å². The molecular weight excluding hydrogens is 439 g/mol. The number of hydrogen-bond donors (Lipinski definition) is 2. The van der Waals surface area contributed by atoms with Crippen molar-refractivity contribution in [1.29, 1.82) is 0 Å². The first-order valence-electron chi connectivity index (χ1n) is 11.2. The highest BCUT2D eigenvalue weighted by Gasteiger charge is 2.32. The third-order valence-electron chi connectivity index (χ3n) is 6.20. The number of halogens is 1. The lowest BCUT2D eigenvalue weighted by molar-refractivity contribution is -0.119. The molecule has 9 nitrogen and oxygen atoms in total. The zero-order valence-corrected chi connectivity index (χ0v) is 18.8. The minimum absolute atomic E-state index is 0.197. The third kappa shape index (κ3) is 4.43.